The summed E-state index contributed by atoms with van der Waals surface area (Å²) in [6, 6.07) is 5.10. The van der Waals surface area contributed by atoms with Crippen LogP contribution in [-0.4, -0.2) is 5.11 Å². The minimum Gasteiger partial charge on any atom is -0.385 e. The van der Waals surface area contributed by atoms with Crippen molar-refractivity contribution in [2.75, 3.05) is 0 Å². The van der Waals surface area contributed by atoms with Crippen LogP contribution >= 0.6 is 0 Å². The Labute approximate surface area is 113 Å². The number of hydrogen-bond acceptors (Lipinski definition) is 1. The normalized spacial score (nSPS) is 43.7. The van der Waals surface area contributed by atoms with E-state index in [9.17, 15) is 9.50 Å². The molecule has 1 nitrogen and oxygen atoms in total. The smallest absolute Gasteiger partial charge is 0.123 e. The number of benzene rings is 1. The van der Waals surface area contributed by atoms with Gasteiger partial charge in [-0.3, -0.25) is 0 Å². The summed E-state index contributed by atoms with van der Waals surface area (Å²) in [5.74, 6) is 2.13. The Hall–Kier alpha value is -0.890. The highest BCUT2D eigenvalue weighted by molar-refractivity contribution is 5.32. The van der Waals surface area contributed by atoms with Crippen LogP contribution in [0.25, 0.3) is 0 Å². The van der Waals surface area contributed by atoms with Crippen molar-refractivity contribution in [2.45, 2.75) is 44.6 Å². The second-order valence-corrected chi connectivity index (χ2v) is 7.15. The fraction of sp³-hybridized carbons (Fsp3) is 0.647. The summed E-state index contributed by atoms with van der Waals surface area (Å²) in [4.78, 5) is 0. The molecule has 5 rings (SSSR count). The van der Waals surface area contributed by atoms with Crippen molar-refractivity contribution < 1.29 is 9.50 Å². The van der Waals surface area contributed by atoms with Crippen LogP contribution in [0.4, 0.5) is 4.39 Å². The van der Waals surface area contributed by atoms with Gasteiger partial charge < -0.3 is 5.11 Å². The van der Waals surface area contributed by atoms with Gasteiger partial charge in [-0.15, -0.1) is 0 Å². The van der Waals surface area contributed by atoms with Crippen molar-refractivity contribution in [3.63, 3.8) is 0 Å². The van der Waals surface area contributed by atoms with Gasteiger partial charge in [-0.05, 0) is 86.0 Å². The fourth-order valence-electron chi connectivity index (χ4n) is 5.34. The zero-order chi connectivity index (χ0) is 13.2. The van der Waals surface area contributed by atoms with Crippen molar-refractivity contribution in [1.29, 1.82) is 0 Å². The molecular weight excluding hydrogens is 239 g/mol. The monoisotopic (exact) mass is 260 g/mol. The van der Waals surface area contributed by atoms with Crippen molar-refractivity contribution >= 4 is 0 Å². The third-order valence-corrected chi connectivity index (χ3v) is 5.89. The largest absolute Gasteiger partial charge is 0.385 e. The molecule has 4 saturated carbocycles. The van der Waals surface area contributed by atoms with Crippen LogP contribution in [0.15, 0.2) is 18.2 Å². The van der Waals surface area contributed by atoms with Gasteiger partial charge in [-0.2, -0.15) is 0 Å². The molecule has 102 valence electrons. The van der Waals surface area contributed by atoms with Gasteiger partial charge in [0, 0.05) is 0 Å². The van der Waals surface area contributed by atoms with Crippen molar-refractivity contribution in [1.82, 2.24) is 0 Å². The quantitative estimate of drug-likeness (QED) is 0.814. The molecule has 0 radical (unpaired) electrons. The molecule has 0 aromatic heterocycles. The van der Waals surface area contributed by atoms with Gasteiger partial charge in [-0.1, -0.05) is 6.07 Å². The van der Waals surface area contributed by atoms with Gasteiger partial charge >= 0.3 is 0 Å². The number of halogens is 1. The standard InChI is InChI=1S/C17H21FO/c1-10-2-13(9-16(18)3-10)17(19)14-5-11-4-12(7-14)8-15(17)6-11/h2-3,9,11-12,14-15,19H,4-8H2,1H3. The fourth-order valence-corrected chi connectivity index (χ4v) is 5.34. The van der Waals surface area contributed by atoms with Gasteiger partial charge in [0.05, 0.1) is 5.60 Å². The molecule has 0 atom stereocenters. The van der Waals surface area contributed by atoms with E-state index in [-0.39, 0.29) is 5.82 Å². The molecule has 4 bridgehead atoms. The molecule has 2 heteroatoms. The molecule has 1 aromatic rings. The van der Waals surface area contributed by atoms with Gasteiger partial charge in [0.1, 0.15) is 5.82 Å². The summed E-state index contributed by atoms with van der Waals surface area (Å²) in [6.45, 7) is 1.91. The lowest BCUT2D eigenvalue weighted by Crippen LogP contribution is -2.55. The molecule has 1 aromatic carbocycles. The number of aryl methyl sites for hydroxylation is 1. The van der Waals surface area contributed by atoms with Crippen LogP contribution in [0, 0.1) is 36.4 Å². The maximum Gasteiger partial charge on any atom is 0.123 e. The first-order valence-corrected chi connectivity index (χ1v) is 7.55. The van der Waals surface area contributed by atoms with Crippen molar-refractivity contribution in [2.24, 2.45) is 23.7 Å². The Balaban J connectivity index is 1.80. The Morgan fingerprint density at radius 1 is 1.00 bits per heavy atom. The van der Waals surface area contributed by atoms with Gasteiger partial charge in [0.2, 0.25) is 0 Å². The Bertz CT molecular complexity index is 474. The summed E-state index contributed by atoms with van der Waals surface area (Å²) < 4.78 is 13.7. The molecule has 0 heterocycles. The average Bonchev–Trinajstić information content (AvgIpc) is 2.33. The van der Waals surface area contributed by atoms with Gasteiger partial charge in [0.25, 0.3) is 0 Å². The lowest BCUT2D eigenvalue weighted by Gasteiger charge is -2.59. The molecular formula is C17H21FO. The lowest BCUT2D eigenvalue weighted by atomic mass is 9.48. The highest BCUT2D eigenvalue weighted by atomic mass is 19.1. The molecule has 0 spiro atoms. The van der Waals surface area contributed by atoms with Gasteiger partial charge in [0.15, 0.2) is 0 Å². The summed E-state index contributed by atoms with van der Waals surface area (Å²) >= 11 is 0. The second kappa shape index (κ2) is 3.82. The SMILES string of the molecule is Cc1cc(F)cc(C2(O)C3CC4CC(C3)CC2C4)c1. The Morgan fingerprint density at radius 3 is 2.11 bits per heavy atom. The van der Waals surface area contributed by atoms with Crippen LogP contribution < -0.4 is 0 Å². The Morgan fingerprint density at radius 2 is 1.58 bits per heavy atom. The van der Waals surface area contributed by atoms with E-state index < -0.39 is 5.60 Å². The van der Waals surface area contributed by atoms with Crippen LogP contribution in [0.3, 0.4) is 0 Å². The highest BCUT2D eigenvalue weighted by Gasteiger charge is 2.57. The van der Waals surface area contributed by atoms with E-state index in [2.05, 4.69) is 0 Å². The molecule has 1 N–H and O–H groups in total. The average molecular weight is 260 g/mol. The molecule has 19 heavy (non-hydrogen) atoms. The van der Waals surface area contributed by atoms with E-state index >= 15 is 0 Å². The van der Waals surface area contributed by atoms with Crippen LogP contribution in [0.1, 0.15) is 43.2 Å². The van der Waals surface area contributed by atoms with Crippen LogP contribution in [-0.2, 0) is 5.60 Å². The second-order valence-electron chi connectivity index (χ2n) is 7.15. The van der Waals surface area contributed by atoms with E-state index in [0.717, 1.165) is 48.6 Å². The minimum absolute atomic E-state index is 0.211. The highest BCUT2D eigenvalue weighted by Crippen LogP contribution is 2.61. The molecule has 0 aliphatic heterocycles. The molecule has 0 amide bonds. The maximum atomic E-state index is 13.7. The Kier molecular flexibility index (Phi) is 2.39. The summed E-state index contributed by atoms with van der Waals surface area (Å²) in [5.41, 5.74) is 0.983. The van der Waals surface area contributed by atoms with E-state index in [0.29, 0.717) is 11.8 Å². The van der Waals surface area contributed by atoms with Crippen LogP contribution in [0.5, 0.6) is 0 Å². The van der Waals surface area contributed by atoms with Gasteiger partial charge in [-0.25, -0.2) is 4.39 Å². The molecule has 4 fully saturated rings. The third kappa shape index (κ3) is 1.62. The summed E-state index contributed by atoms with van der Waals surface area (Å²) in [7, 11) is 0. The summed E-state index contributed by atoms with van der Waals surface area (Å²) in [5, 5.41) is 11.3. The lowest BCUT2D eigenvalue weighted by molar-refractivity contribution is -0.179. The maximum absolute atomic E-state index is 13.7. The first kappa shape index (κ1) is 11.9. The number of hydrogen-bond donors (Lipinski definition) is 1. The third-order valence-electron chi connectivity index (χ3n) is 5.89. The van der Waals surface area contributed by atoms with Crippen LogP contribution in [0.2, 0.25) is 0 Å². The predicted octanol–water partition coefficient (Wildman–Crippen LogP) is 3.78. The zero-order valence-corrected chi connectivity index (χ0v) is 11.4. The number of rotatable bonds is 1. The molecule has 0 unspecified atom stereocenters. The van der Waals surface area contributed by atoms with E-state index in [4.69, 9.17) is 0 Å². The van der Waals surface area contributed by atoms with E-state index in [1.54, 1.807) is 12.1 Å². The predicted molar refractivity (Wildman–Crippen MR) is 72.1 cm³/mol. The molecule has 4 aliphatic carbocycles. The number of aliphatic hydroxyl groups is 1. The van der Waals surface area contributed by atoms with E-state index in [1.165, 1.54) is 6.42 Å². The van der Waals surface area contributed by atoms with E-state index in [1.807, 2.05) is 13.0 Å². The minimum atomic E-state index is -0.764. The topological polar surface area (TPSA) is 20.2 Å². The molecule has 0 saturated heterocycles. The van der Waals surface area contributed by atoms with Crippen molar-refractivity contribution in [3.05, 3.63) is 35.1 Å². The zero-order valence-electron chi connectivity index (χ0n) is 11.4. The van der Waals surface area contributed by atoms with Crippen molar-refractivity contribution in [3.8, 4) is 0 Å². The first-order valence-electron chi connectivity index (χ1n) is 7.55. The molecule has 4 aliphatic rings. The first-order chi connectivity index (χ1) is 9.05. The summed E-state index contributed by atoms with van der Waals surface area (Å²) in [6.07, 6.45) is 5.92.